The zero-order chi connectivity index (χ0) is 17.2. The molecule has 0 unspecified atom stereocenters. The maximum absolute atomic E-state index is 12.6. The van der Waals surface area contributed by atoms with E-state index in [9.17, 15) is 13.2 Å². The quantitative estimate of drug-likeness (QED) is 0.575. The summed E-state index contributed by atoms with van der Waals surface area (Å²) in [5, 5.41) is 10.3. The average Bonchev–Trinajstić information content (AvgIpc) is 2.57. The molecule has 0 amide bonds. The van der Waals surface area contributed by atoms with Crippen molar-refractivity contribution in [2.75, 3.05) is 0 Å². The Morgan fingerprint density at radius 3 is 2.29 bits per heavy atom. The molecule has 0 saturated carbocycles. The summed E-state index contributed by atoms with van der Waals surface area (Å²) in [5.41, 5.74) is 0.306. The molecule has 0 fully saturated rings. The van der Waals surface area contributed by atoms with Crippen LogP contribution in [-0.2, 0) is 15.6 Å². The smallest absolute Gasteiger partial charge is 0.449 e. The normalized spacial score (nSPS) is 11.3. The van der Waals surface area contributed by atoms with E-state index in [1.165, 1.54) is 12.1 Å². The van der Waals surface area contributed by atoms with Crippen molar-refractivity contribution in [2.45, 2.75) is 10.6 Å². The van der Waals surface area contributed by atoms with Crippen molar-refractivity contribution in [3.63, 3.8) is 0 Å². The first-order valence-corrected chi connectivity index (χ1v) is 8.82. The van der Waals surface area contributed by atoms with Gasteiger partial charge in [0.1, 0.15) is 5.75 Å². The van der Waals surface area contributed by atoms with E-state index in [-0.39, 0.29) is 16.4 Å². The monoisotopic (exact) mass is 342 g/mol. The zero-order valence-electron chi connectivity index (χ0n) is 12.5. The number of carboxylic acid groups (broad SMARTS) is 1. The van der Waals surface area contributed by atoms with Crippen LogP contribution in [0.5, 0.6) is 5.75 Å². The molecule has 1 N–H and O–H groups in total. The molecular weight excluding hydrogens is 328 g/mol. The summed E-state index contributed by atoms with van der Waals surface area (Å²) in [6, 6.07) is 18.4. The van der Waals surface area contributed by atoms with Crippen molar-refractivity contribution in [3.05, 3.63) is 72.3 Å². The number of fused-ring (bicyclic) bond motifs is 1. The molecule has 24 heavy (non-hydrogen) atoms. The van der Waals surface area contributed by atoms with E-state index in [4.69, 9.17) is 9.84 Å². The van der Waals surface area contributed by atoms with Gasteiger partial charge in [-0.15, -0.1) is 0 Å². The molecule has 0 aliphatic carbocycles. The summed E-state index contributed by atoms with van der Waals surface area (Å²) >= 11 is 0. The second-order valence-corrected chi connectivity index (χ2v) is 7.20. The molecule has 0 aliphatic heterocycles. The molecule has 3 rings (SSSR count). The van der Waals surface area contributed by atoms with Crippen LogP contribution in [-0.4, -0.2) is 19.7 Å². The van der Waals surface area contributed by atoms with Crippen molar-refractivity contribution in [1.29, 1.82) is 0 Å². The topological polar surface area (TPSA) is 80.7 Å². The Morgan fingerprint density at radius 2 is 1.58 bits per heavy atom. The Labute approximate surface area is 139 Å². The van der Waals surface area contributed by atoms with Crippen LogP contribution in [0, 0.1) is 0 Å². The minimum absolute atomic E-state index is 0.0557. The number of rotatable bonds is 4. The minimum Gasteiger partial charge on any atom is -0.449 e. The third-order valence-electron chi connectivity index (χ3n) is 3.60. The fraction of sp³-hybridized carbons (Fsp3) is 0.0556. The Kier molecular flexibility index (Phi) is 4.22. The molecule has 3 aromatic rings. The predicted octanol–water partition coefficient (Wildman–Crippen LogP) is 3.87. The summed E-state index contributed by atoms with van der Waals surface area (Å²) in [4.78, 5) is 11.2. The van der Waals surface area contributed by atoms with Crippen LogP contribution in [0.1, 0.15) is 5.56 Å². The van der Waals surface area contributed by atoms with Crippen molar-refractivity contribution in [1.82, 2.24) is 0 Å². The standard InChI is InChI=1S/C18H14O5S/c19-18(20)23-17-14(11-10-13-6-4-5-9-16(13)17)12-24(21,22)15-7-2-1-3-8-15/h1-11H,12H2,(H,19,20). The second kappa shape index (κ2) is 6.33. The maximum Gasteiger partial charge on any atom is 0.511 e. The fourth-order valence-electron chi connectivity index (χ4n) is 2.53. The highest BCUT2D eigenvalue weighted by molar-refractivity contribution is 7.90. The Bertz CT molecular complexity index is 994. The van der Waals surface area contributed by atoms with Crippen molar-refractivity contribution >= 4 is 26.8 Å². The molecule has 0 radical (unpaired) electrons. The highest BCUT2D eigenvalue weighted by Gasteiger charge is 2.20. The molecular formula is C18H14O5S. The number of carbonyl (C=O) groups is 1. The average molecular weight is 342 g/mol. The first-order valence-electron chi connectivity index (χ1n) is 7.16. The summed E-state index contributed by atoms with van der Waals surface area (Å²) in [7, 11) is -3.61. The van der Waals surface area contributed by atoms with Crippen LogP contribution in [0.4, 0.5) is 4.79 Å². The third-order valence-corrected chi connectivity index (χ3v) is 5.28. The predicted molar refractivity (Wildman–Crippen MR) is 89.9 cm³/mol. The van der Waals surface area contributed by atoms with E-state index in [1.54, 1.807) is 48.5 Å². The molecule has 0 heterocycles. The maximum atomic E-state index is 12.6. The molecule has 0 aliphatic rings. The SMILES string of the molecule is O=C(O)Oc1c(CS(=O)(=O)c2ccccc2)ccc2ccccc12. The van der Waals surface area contributed by atoms with Gasteiger partial charge in [-0.2, -0.15) is 0 Å². The van der Waals surface area contributed by atoms with Gasteiger partial charge in [-0.05, 0) is 17.5 Å². The number of hydrogen-bond donors (Lipinski definition) is 1. The van der Waals surface area contributed by atoms with Crippen LogP contribution < -0.4 is 4.74 Å². The molecule has 0 atom stereocenters. The largest absolute Gasteiger partial charge is 0.511 e. The van der Waals surface area contributed by atoms with Gasteiger partial charge in [0.2, 0.25) is 0 Å². The fourth-order valence-corrected chi connectivity index (χ4v) is 3.90. The van der Waals surface area contributed by atoms with E-state index in [0.29, 0.717) is 10.9 Å². The Hall–Kier alpha value is -2.86. The van der Waals surface area contributed by atoms with Gasteiger partial charge in [-0.3, -0.25) is 0 Å². The van der Waals surface area contributed by atoms with Gasteiger partial charge < -0.3 is 9.84 Å². The van der Waals surface area contributed by atoms with Crippen LogP contribution in [0.15, 0.2) is 71.6 Å². The zero-order valence-corrected chi connectivity index (χ0v) is 13.4. The first kappa shape index (κ1) is 16.0. The van der Waals surface area contributed by atoms with Crippen LogP contribution >= 0.6 is 0 Å². The lowest BCUT2D eigenvalue weighted by atomic mass is 10.1. The molecule has 122 valence electrons. The first-order chi connectivity index (χ1) is 11.5. The van der Waals surface area contributed by atoms with Crippen molar-refractivity contribution < 1.29 is 23.1 Å². The number of benzene rings is 3. The van der Waals surface area contributed by atoms with Gasteiger partial charge in [0.15, 0.2) is 9.84 Å². The van der Waals surface area contributed by atoms with E-state index in [2.05, 4.69) is 0 Å². The lowest BCUT2D eigenvalue weighted by Gasteiger charge is -2.12. The number of ether oxygens (including phenoxy) is 1. The lowest BCUT2D eigenvalue weighted by Crippen LogP contribution is -2.10. The molecule has 0 spiro atoms. The molecule has 0 bridgehead atoms. The second-order valence-electron chi connectivity index (χ2n) is 5.22. The highest BCUT2D eigenvalue weighted by Crippen LogP contribution is 2.32. The number of hydrogen-bond acceptors (Lipinski definition) is 4. The van der Waals surface area contributed by atoms with Crippen molar-refractivity contribution in [2.24, 2.45) is 0 Å². The summed E-state index contributed by atoms with van der Waals surface area (Å²) in [6.07, 6.45) is -1.48. The van der Waals surface area contributed by atoms with E-state index < -0.39 is 16.0 Å². The van der Waals surface area contributed by atoms with Crippen LogP contribution in [0.25, 0.3) is 10.8 Å². The lowest BCUT2D eigenvalue weighted by molar-refractivity contribution is 0.144. The summed E-state index contributed by atoms with van der Waals surface area (Å²) in [5.74, 6) is -0.287. The molecule has 3 aromatic carbocycles. The van der Waals surface area contributed by atoms with Gasteiger partial charge >= 0.3 is 6.16 Å². The third kappa shape index (κ3) is 3.23. The molecule has 0 saturated heterocycles. The van der Waals surface area contributed by atoms with Crippen LogP contribution in [0.3, 0.4) is 0 Å². The Balaban J connectivity index is 2.11. The summed E-state index contributed by atoms with van der Waals surface area (Å²) in [6.45, 7) is 0. The van der Waals surface area contributed by atoms with Gasteiger partial charge in [0.05, 0.1) is 10.6 Å². The Morgan fingerprint density at radius 1 is 0.917 bits per heavy atom. The minimum atomic E-state index is -3.61. The van der Waals surface area contributed by atoms with Gasteiger partial charge in [0.25, 0.3) is 0 Å². The number of sulfone groups is 1. The molecule has 0 aromatic heterocycles. The molecule has 6 heteroatoms. The summed E-state index contributed by atoms with van der Waals surface area (Å²) < 4.78 is 30.0. The molecule has 5 nitrogen and oxygen atoms in total. The van der Waals surface area contributed by atoms with E-state index >= 15 is 0 Å². The van der Waals surface area contributed by atoms with Gasteiger partial charge in [-0.1, -0.05) is 54.6 Å². The van der Waals surface area contributed by atoms with Gasteiger partial charge in [0, 0.05) is 10.9 Å². The van der Waals surface area contributed by atoms with Crippen molar-refractivity contribution in [3.8, 4) is 5.75 Å². The highest BCUT2D eigenvalue weighted by atomic mass is 32.2. The van der Waals surface area contributed by atoms with Gasteiger partial charge in [-0.25, -0.2) is 13.2 Å². The van der Waals surface area contributed by atoms with E-state index in [1.807, 2.05) is 6.07 Å². The van der Waals surface area contributed by atoms with Crippen LogP contribution in [0.2, 0.25) is 0 Å². The van der Waals surface area contributed by atoms with E-state index in [0.717, 1.165) is 5.39 Å².